The van der Waals surface area contributed by atoms with Crippen LogP contribution < -0.4 is 4.74 Å². The van der Waals surface area contributed by atoms with E-state index in [4.69, 9.17) is 21.1 Å². The van der Waals surface area contributed by atoms with Crippen LogP contribution in [0.25, 0.3) is 10.2 Å². The van der Waals surface area contributed by atoms with E-state index in [1.807, 2.05) is 17.5 Å². The van der Waals surface area contributed by atoms with Gasteiger partial charge in [0.15, 0.2) is 0 Å². The van der Waals surface area contributed by atoms with Gasteiger partial charge in [-0.15, -0.1) is 11.3 Å². The van der Waals surface area contributed by atoms with Gasteiger partial charge in [0.25, 0.3) is 0 Å². The van der Waals surface area contributed by atoms with Crippen molar-refractivity contribution in [2.75, 3.05) is 7.11 Å². The molecule has 114 valence electrons. The standard InChI is InChI=1S/C16H13ClFNO2S/c1-9(20-2)14-13(4-3-12(18)15(14)17)21-11-7-10-5-6-22-16(10)19-8-11/h3-9H,1-2H3. The number of methoxy groups -OCH3 is 1. The lowest BCUT2D eigenvalue weighted by Gasteiger charge is -2.17. The number of halogens is 2. The minimum atomic E-state index is -0.501. The lowest BCUT2D eigenvalue weighted by molar-refractivity contribution is 0.117. The fourth-order valence-corrected chi connectivity index (χ4v) is 3.19. The molecule has 0 aliphatic rings. The van der Waals surface area contributed by atoms with Gasteiger partial charge in [-0.05, 0) is 36.6 Å². The topological polar surface area (TPSA) is 31.4 Å². The van der Waals surface area contributed by atoms with Crippen LogP contribution >= 0.6 is 22.9 Å². The van der Waals surface area contributed by atoms with E-state index in [1.54, 1.807) is 30.5 Å². The molecule has 0 saturated heterocycles. The van der Waals surface area contributed by atoms with Gasteiger partial charge >= 0.3 is 0 Å². The number of fused-ring (bicyclic) bond motifs is 1. The minimum Gasteiger partial charge on any atom is -0.455 e. The fourth-order valence-electron chi connectivity index (χ4n) is 2.16. The first-order valence-electron chi connectivity index (χ1n) is 6.62. The second kappa shape index (κ2) is 6.20. The summed E-state index contributed by atoms with van der Waals surface area (Å²) in [6, 6.07) is 6.68. The van der Waals surface area contributed by atoms with Gasteiger partial charge in [-0.2, -0.15) is 0 Å². The predicted octanol–water partition coefficient (Wildman–Crippen LogP) is 5.59. The van der Waals surface area contributed by atoms with Gasteiger partial charge in [0.05, 0.1) is 17.3 Å². The Kier molecular flexibility index (Phi) is 4.29. The van der Waals surface area contributed by atoms with Crippen LogP contribution in [0.2, 0.25) is 5.02 Å². The van der Waals surface area contributed by atoms with Crippen LogP contribution in [0.3, 0.4) is 0 Å². The molecule has 0 radical (unpaired) electrons. The number of rotatable bonds is 4. The zero-order valence-corrected chi connectivity index (χ0v) is 13.5. The summed E-state index contributed by atoms with van der Waals surface area (Å²) in [5.74, 6) is 0.523. The minimum absolute atomic E-state index is 0.0106. The Labute approximate surface area is 136 Å². The molecule has 22 heavy (non-hydrogen) atoms. The Morgan fingerprint density at radius 1 is 1.32 bits per heavy atom. The number of ether oxygens (including phenoxy) is 2. The first-order chi connectivity index (χ1) is 10.6. The molecule has 0 bridgehead atoms. The van der Waals surface area contributed by atoms with Crippen LogP contribution in [0.1, 0.15) is 18.6 Å². The van der Waals surface area contributed by atoms with Crippen LogP contribution in [-0.4, -0.2) is 12.1 Å². The van der Waals surface area contributed by atoms with Crippen LogP contribution in [-0.2, 0) is 4.74 Å². The van der Waals surface area contributed by atoms with Gasteiger partial charge in [-0.25, -0.2) is 9.37 Å². The molecule has 2 aromatic heterocycles. The van der Waals surface area contributed by atoms with E-state index in [0.717, 1.165) is 10.2 Å². The Morgan fingerprint density at radius 2 is 2.14 bits per heavy atom. The maximum atomic E-state index is 13.7. The molecule has 0 aliphatic carbocycles. The number of thiophene rings is 1. The Bertz CT molecular complexity index is 821. The summed E-state index contributed by atoms with van der Waals surface area (Å²) in [5, 5.41) is 2.97. The largest absolute Gasteiger partial charge is 0.455 e. The van der Waals surface area contributed by atoms with Crippen molar-refractivity contribution < 1.29 is 13.9 Å². The number of benzene rings is 1. The van der Waals surface area contributed by atoms with Crippen molar-refractivity contribution in [3.8, 4) is 11.5 Å². The van der Waals surface area contributed by atoms with Crippen molar-refractivity contribution in [3.63, 3.8) is 0 Å². The van der Waals surface area contributed by atoms with Crippen LogP contribution in [0.5, 0.6) is 11.5 Å². The molecule has 2 heterocycles. The monoisotopic (exact) mass is 337 g/mol. The SMILES string of the molecule is COC(C)c1c(Oc2cnc3sccc3c2)ccc(F)c1Cl. The van der Waals surface area contributed by atoms with E-state index in [-0.39, 0.29) is 5.02 Å². The zero-order valence-electron chi connectivity index (χ0n) is 12.0. The first kappa shape index (κ1) is 15.2. The highest BCUT2D eigenvalue weighted by molar-refractivity contribution is 7.16. The summed E-state index contributed by atoms with van der Waals surface area (Å²) < 4.78 is 24.8. The zero-order chi connectivity index (χ0) is 15.7. The van der Waals surface area contributed by atoms with Crippen molar-refractivity contribution in [3.05, 3.63) is 52.2 Å². The summed E-state index contributed by atoms with van der Waals surface area (Å²) in [7, 11) is 1.54. The molecule has 3 nitrogen and oxygen atoms in total. The Balaban J connectivity index is 2.02. The summed E-state index contributed by atoms with van der Waals surface area (Å²) in [6.45, 7) is 1.79. The number of nitrogens with zero attached hydrogens (tertiary/aromatic N) is 1. The molecule has 0 spiro atoms. The van der Waals surface area contributed by atoms with Crippen LogP contribution in [0.15, 0.2) is 35.8 Å². The molecule has 0 saturated carbocycles. The van der Waals surface area contributed by atoms with Crippen molar-refractivity contribution in [2.45, 2.75) is 13.0 Å². The van der Waals surface area contributed by atoms with Crippen LogP contribution in [0.4, 0.5) is 4.39 Å². The first-order valence-corrected chi connectivity index (χ1v) is 7.87. The highest BCUT2D eigenvalue weighted by Gasteiger charge is 2.19. The maximum absolute atomic E-state index is 13.7. The maximum Gasteiger partial charge on any atom is 0.146 e. The summed E-state index contributed by atoms with van der Waals surface area (Å²) >= 11 is 7.63. The molecule has 6 heteroatoms. The average Bonchev–Trinajstić information content (AvgIpc) is 2.98. The van der Waals surface area contributed by atoms with E-state index in [2.05, 4.69) is 4.98 Å². The van der Waals surface area contributed by atoms with Crippen molar-refractivity contribution in [1.29, 1.82) is 0 Å². The van der Waals surface area contributed by atoms with E-state index in [0.29, 0.717) is 17.1 Å². The average molecular weight is 338 g/mol. The van der Waals surface area contributed by atoms with Gasteiger partial charge in [-0.1, -0.05) is 11.6 Å². The van der Waals surface area contributed by atoms with Crippen LogP contribution in [0, 0.1) is 5.82 Å². The smallest absolute Gasteiger partial charge is 0.146 e. The van der Waals surface area contributed by atoms with Gasteiger partial charge in [0.1, 0.15) is 22.1 Å². The van der Waals surface area contributed by atoms with Gasteiger partial charge in [0.2, 0.25) is 0 Å². The van der Waals surface area contributed by atoms with Crippen molar-refractivity contribution in [1.82, 2.24) is 4.98 Å². The Hall–Kier alpha value is -1.69. The second-order valence-electron chi connectivity index (χ2n) is 4.74. The Morgan fingerprint density at radius 3 is 2.91 bits per heavy atom. The quantitative estimate of drug-likeness (QED) is 0.622. The number of hydrogen-bond donors (Lipinski definition) is 0. The fraction of sp³-hybridized carbons (Fsp3) is 0.188. The van der Waals surface area contributed by atoms with Crippen molar-refractivity contribution >= 4 is 33.2 Å². The summed E-state index contributed by atoms with van der Waals surface area (Å²) in [4.78, 5) is 5.27. The molecule has 1 aromatic carbocycles. The third-order valence-corrected chi connectivity index (χ3v) is 4.58. The van der Waals surface area contributed by atoms with Gasteiger partial charge in [0, 0.05) is 18.1 Å². The highest BCUT2D eigenvalue weighted by Crippen LogP contribution is 2.38. The second-order valence-corrected chi connectivity index (χ2v) is 6.01. The highest BCUT2D eigenvalue weighted by atomic mass is 35.5. The van der Waals surface area contributed by atoms with Gasteiger partial charge < -0.3 is 9.47 Å². The molecule has 0 amide bonds. The van der Waals surface area contributed by atoms with E-state index >= 15 is 0 Å². The molecule has 1 atom stereocenters. The van der Waals surface area contributed by atoms with E-state index < -0.39 is 11.9 Å². The molecule has 0 fully saturated rings. The molecule has 3 rings (SSSR count). The number of pyridine rings is 1. The molecule has 0 N–H and O–H groups in total. The summed E-state index contributed by atoms with van der Waals surface area (Å²) in [6.07, 6.45) is 1.24. The predicted molar refractivity (Wildman–Crippen MR) is 86.5 cm³/mol. The van der Waals surface area contributed by atoms with Gasteiger partial charge in [-0.3, -0.25) is 0 Å². The molecular weight excluding hydrogens is 325 g/mol. The lowest BCUT2D eigenvalue weighted by atomic mass is 10.1. The van der Waals surface area contributed by atoms with E-state index in [9.17, 15) is 4.39 Å². The van der Waals surface area contributed by atoms with Crippen molar-refractivity contribution in [2.24, 2.45) is 0 Å². The number of hydrogen-bond acceptors (Lipinski definition) is 4. The molecule has 0 aliphatic heterocycles. The number of aromatic nitrogens is 1. The summed E-state index contributed by atoms with van der Waals surface area (Å²) in [5.41, 5.74) is 0.481. The molecule has 3 aromatic rings. The lowest BCUT2D eigenvalue weighted by Crippen LogP contribution is -2.02. The van der Waals surface area contributed by atoms with E-state index in [1.165, 1.54) is 13.2 Å². The molecule has 1 unspecified atom stereocenters. The molecular formula is C16H13ClFNO2S. The third-order valence-electron chi connectivity index (χ3n) is 3.36. The normalized spacial score (nSPS) is 12.5. The third kappa shape index (κ3) is 2.79.